The number of nitrogen functional groups attached to an aromatic ring is 1. The van der Waals surface area contributed by atoms with E-state index in [4.69, 9.17) is 17.3 Å². The maximum absolute atomic E-state index is 12.7. The van der Waals surface area contributed by atoms with Gasteiger partial charge in [0, 0.05) is 27.4 Å². The Hall–Kier alpha value is -1.52. The first-order valence-corrected chi connectivity index (χ1v) is 7.38. The Morgan fingerprint density at radius 2 is 2.05 bits per heavy atom. The molecular formula is C15H12BrClN2O. The Labute approximate surface area is 130 Å². The SMILES string of the molecule is Nc1ccc2c(c1)CCN2C(=O)c1cc(Cl)ccc1Br. The van der Waals surface area contributed by atoms with Crippen LogP contribution < -0.4 is 10.6 Å². The number of carbonyl (C=O) groups is 1. The van der Waals surface area contributed by atoms with Gasteiger partial charge in [0.15, 0.2) is 0 Å². The largest absolute Gasteiger partial charge is 0.399 e. The molecule has 0 saturated heterocycles. The molecule has 2 aromatic rings. The monoisotopic (exact) mass is 350 g/mol. The molecule has 0 atom stereocenters. The summed E-state index contributed by atoms with van der Waals surface area (Å²) in [7, 11) is 0. The summed E-state index contributed by atoms with van der Waals surface area (Å²) in [5.41, 5.74) is 9.11. The van der Waals surface area contributed by atoms with Gasteiger partial charge in [-0.25, -0.2) is 0 Å². The third kappa shape index (κ3) is 2.30. The molecule has 0 radical (unpaired) electrons. The van der Waals surface area contributed by atoms with E-state index in [1.807, 2.05) is 18.2 Å². The van der Waals surface area contributed by atoms with Crippen LogP contribution in [0.25, 0.3) is 0 Å². The normalized spacial score (nSPS) is 13.4. The fraction of sp³-hybridized carbons (Fsp3) is 0.133. The molecule has 5 heteroatoms. The van der Waals surface area contributed by atoms with E-state index in [0.717, 1.165) is 27.8 Å². The fourth-order valence-corrected chi connectivity index (χ4v) is 3.03. The van der Waals surface area contributed by atoms with Gasteiger partial charge in [0.05, 0.1) is 5.56 Å². The molecule has 102 valence electrons. The molecule has 0 saturated carbocycles. The fourth-order valence-electron chi connectivity index (χ4n) is 2.44. The van der Waals surface area contributed by atoms with Crippen LogP contribution in [-0.4, -0.2) is 12.5 Å². The second-order valence-electron chi connectivity index (χ2n) is 4.72. The average Bonchev–Trinajstić information content (AvgIpc) is 2.83. The van der Waals surface area contributed by atoms with Gasteiger partial charge in [-0.2, -0.15) is 0 Å². The summed E-state index contributed by atoms with van der Waals surface area (Å²) >= 11 is 9.38. The molecule has 1 aliphatic heterocycles. The van der Waals surface area contributed by atoms with E-state index in [9.17, 15) is 4.79 Å². The summed E-state index contributed by atoms with van der Waals surface area (Å²) in [5, 5.41) is 0.549. The highest BCUT2D eigenvalue weighted by Gasteiger charge is 2.26. The second-order valence-corrected chi connectivity index (χ2v) is 6.01. The van der Waals surface area contributed by atoms with Crippen molar-refractivity contribution in [3.05, 3.63) is 57.0 Å². The summed E-state index contributed by atoms with van der Waals surface area (Å²) in [4.78, 5) is 14.4. The lowest BCUT2D eigenvalue weighted by atomic mass is 10.1. The highest BCUT2D eigenvalue weighted by molar-refractivity contribution is 9.10. The second kappa shape index (κ2) is 5.11. The Balaban J connectivity index is 2.00. The quantitative estimate of drug-likeness (QED) is 0.792. The van der Waals surface area contributed by atoms with Crippen LogP contribution in [0.15, 0.2) is 40.9 Å². The van der Waals surface area contributed by atoms with Crippen molar-refractivity contribution in [2.45, 2.75) is 6.42 Å². The molecule has 1 aliphatic rings. The van der Waals surface area contributed by atoms with Crippen LogP contribution in [0.4, 0.5) is 11.4 Å². The number of fused-ring (bicyclic) bond motifs is 1. The van der Waals surface area contributed by atoms with E-state index in [1.165, 1.54) is 0 Å². The lowest BCUT2D eigenvalue weighted by molar-refractivity contribution is 0.0988. The van der Waals surface area contributed by atoms with E-state index < -0.39 is 0 Å². The number of anilines is 2. The van der Waals surface area contributed by atoms with Gasteiger partial charge in [-0.1, -0.05) is 11.6 Å². The molecular weight excluding hydrogens is 340 g/mol. The van der Waals surface area contributed by atoms with Crippen molar-refractivity contribution in [3.63, 3.8) is 0 Å². The molecule has 1 heterocycles. The summed E-state index contributed by atoms with van der Waals surface area (Å²) in [6.07, 6.45) is 0.824. The topological polar surface area (TPSA) is 46.3 Å². The number of amides is 1. The first-order valence-electron chi connectivity index (χ1n) is 6.21. The number of halogens is 2. The lowest BCUT2D eigenvalue weighted by Gasteiger charge is -2.18. The zero-order chi connectivity index (χ0) is 14.3. The predicted octanol–water partition coefficient (Wildman–Crippen LogP) is 3.89. The van der Waals surface area contributed by atoms with Crippen LogP contribution in [0.2, 0.25) is 5.02 Å². The van der Waals surface area contributed by atoms with Crippen LogP contribution in [-0.2, 0) is 6.42 Å². The molecule has 1 amide bonds. The van der Waals surface area contributed by atoms with E-state index in [2.05, 4.69) is 15.9 Å². The molecule has 3 rings (SSSR count). The van der Waals surface area contributed by atoms with Crippen molar-refractivity contribution in [2.24, 2.45) is 0 Å². The Kier molecular flexibility index (Phi) is 3.44. The van der Waals surface area contributed by atoms with Gasteiger partial charge in [0.25, 0.3) is 5.91 Å². The third-order valence-electron chi connectivity index (χ3n) is 3.40. The van der Waals surface area contributed by atoms with Crippen LogP contribution in [0.3, 0.4) is 0 Å². The minimum Gasteiger partial charge on any atom is -0.399 e. The van der Waals surface area contributed by atoms with Gasteiger partial charge in [0.1, 0.15) is 0 Å². The van der Waals surface area contributed by atoms with Crippen molar-refractivity contribution in [1.29, 1.82) is 0 Å². The van der Waals surface area contributed by atoms with Crippen molar-refractivity contribution in [2.75, 3.05) is 17.2 Å². The number of nitrogens with two attached hydrogens (primary N) is 1. The average molecular weight is 352 g/mol. The first kappa shape index (κ1) is 13.5. The predicted molar refractivity (Wildman–Crippen MR) is 85.4 cm³/mol. The minimum atomic E-state index is -0.0529. The highest BCUT2D eigenvalue weighted by Crippen LogP contribution is 2.32. The number of hydrogen-bond acceptors (Lipinski definition) is 2. The molecule has 2 N–H and O–H groups in total. The van der Waals surface area contributed by atoms with Gasteiger partial charge in [-0.15, -0.1) is 0 Å². The minimum absolute atomic E-state index is 0.0529. The van der Waals surface area contributed by atoms with E-state index >= 15 is 0 Å². The molecule has 0 aliphatic carbocycles. The maximum atomic E-state index is 12.7. The van der Waals surface area contributed by atoms with Gasteiger partial charge >= 0.3 is 0 Å². The molecule has 3 nitrogen and oxygen atoms in total. The van der Waals surface area contributed by atoms with Crippen molar-refractivity contribution in [3.8, 4) is 0 Å². The van der Waals surface area contributed by atoms with E-state index in [0.29, 0.717) is 17.1 Å². The number of nitrogens with zero attached hydrogens (tertiary/aromatic N) is 1. The standard InChI is InChI=1S/C15H12BrClN2O/c16-13-3-1-10(17)8-12(13)15(20)19-6-5-9-7-11(18)2-4-14(9)19/h1-4,7-8H,5-6,18H2. The van der Waals surface area contributed by atoms with Crippen LogP contribution >= 0.6 is 27.5 Å². The maximum Gasteiger partial charge on any atom is 0.259 e. The van der Waals surface area contributed by atoms with Gasteiger partial charge in [0.2, 0.25) is 0 Å². The Morgan fingerprint density at radius 3 is 2.85 bits per heavy atom. The zero-order valence-corrected chi connectivity index (χ0v) is 12.9. The molecule has 0 bridgehead atoms. The molecule has 2 aromatic carbocycles. The lowest BCUT2D eigenvalue weighted by Crippen LogP contribution is -2.29. The third-order valence-corrected chi connectivity index (χ3v) is 4.33. The number of benzene rings is 2. The Bertz CT molecular complexity index is 702. The van der Waals surface area contributed by atoms with Gasteiger partial charge in [-0.05, 0) is 64.3 Å². The molecule has 20 heavy (non-hydrogen) atoms. The number of rotatable bonds is 1. The summed E-state index contributed by atoms with van der Waals surface area (Å²) < 4.78 is 0.746. The molecule has 0 unspecified atom stereocenters. The van der Waals surface area contributed by atoms with Crippen LogP contribution in [0, 0.1) is 0 Å². The zero-order valence-electron chi connectivity index (χ0n) is 10.6. The molecule has 0 spiro atoms. The van der Waals surface area contributed by atoms with Crippen LogP contribution in [0.5, 0.6) is 0 Å². The summed E-state index contributed by atoms with van der Waals surface area (Å²) in [6.45, 7) is 0.663. The summed E-state index contributed by atoms with van der Waals surface area (Å²) in [6, 6.07) is 10.9. The smallest absolute Gasteiger partial charge is 0.259 e. The van der Waals surface area contributed by atoms with Gasteiger partial charge < -0.3 is 10.6 Å². The Morgan fingerprint density at radius 1 is 1.25 bits per heavy atom. The van der Waals surface area contributed by atoms with E-state index in [-0.39, 0.29) is 5.91 Å². The van der Waals surface area contributed by atoms with Gasteiger partial charge in [-0.3, -0.25) is 4.79 Å². The number of hydrogen-bond donors (Lipinski definition) is 1. The first-order chi connectivity index (χ1) is 9.56. The van der Waals surface area contributed by atoms with Crippen LogP contribution in [0.1, 0.15) is 15.9 Å². The highest BCUT2D eigenvalue weighted by atomic mass is 79.9. The van der Waals surface area contributed by atoms with Crippen molar-refractivity contribution >= 4 is 44.8 Å². The number of carbonyl (C=O) groups excluding carboxylic acids is 1. The molecule has 0 fully saturated rings. The van der Waals surface area contributed by atoms with Crippen molar-refractivity contribution < 1.29 is 4.79 Å². The van der Waals surface area contributed by atoms with E-state index in [1.54, 1.807) is 23.1 Å². The molecule has 0 aromatic heterocycles. The summed E-state index contributed by atoms with van der Waals surface area (Å²) in [5.74, 6) is -0.0529. The van der Waals surface area contributed by atoms with Crippen molar-refractivity contribution in [1.82, 2.24) is 0 Å².